The predicted molar refractivity (Wildman–Crippen MR) is 157 cm³/mol. The number of carbonyl (C=O) groups excluding carboxylic acids is 1. The van der Waals surface area contributed by atoms with Gasteiger partial charge in [0.05, 0.1) is 31.5 Å². The van der Waals surface area contributed by atoms with Gasteiger partial charge in [-0.1, -0.05) is 62.3 Å². The largest absolute Gasteiger partial charge is 0.459 e. The number of hydrogen-bond acceptors (Lipinski definition) is 5. The van der Waals surface area contributed by atoms with E-state index in [9.17, 15) is 13.2 Å². The van der Waals surface area contributed by atoms with Gasteiger partial charge in [0.1, 0.15) is 5.54 Å². The van der Waals surface area contributed by atoms with Crippen molar-refractivity contribution in [3.8, 4) is 11.8 Å². The fourth-order valence-electron chi connectivity index (χ4n) is 4.30. The highest BCUT2D eigenvalue weighted by Gasteiger charge is 2.32. The monoisotopic (exact) mass is 574 g/mol. The van der Waals surface area contributed by atoms with Crippen LogP contribution in [0.15, 0.2) is 54.7 Å². The molecule has 1 unspecified atom stereocenters. The van der Waals surface area contributed by atoms with Crippen LogP contribution in [-0.4, -0.2) is 53.9 Å². The molecule has 0 spiro atoms. The Morgan fingerprint density at radius 1 is 1.11 bits per heavy atom. The average molecular weight is 575 g/mol. The van der Waals surface area contributed by atoms with Gasteiger partial charge >= 0.3 is 5.97 Å². The number of benzene rings is 2. The lowest BCUT2D eigenvalue weighted by Gasteiger charge is -2.31. The summed E-state index contributed by atoms with van der Waals surface area (Å²) in [5.41, 5.74) is 1.25. The summed E-state index contributed by atoms with van der Waals surface area (Å²) in [4.78, 5) is 12.0. The Balaban J connectivity index is 2.06. The number of halogens is 1. The molecule has 1 atom stereocenters. The highest BCUT2D eigenvalue weighted by Crippen LogP contribution is 2.37. The molecule has 0 aliphatic heterocycles. The van der Waals surface area contributed by atoms with Crippen LogP contribution in [0.3, 0.4) is 0 Å². The molecule has 1 heterocycles. The molecule has 7 nitrogen and oxygen atoms in total. The number of ether oxygens (including phenoxy) is 2. The molecule has 0 amide bonds. The van der Waals surface area contributed by atoms with Crippen LogP contribution in [0.2, 0.25) is 30.7 Å². The topological polar surface area (TPSA) is 77.8 Å². The quantitative estimate of drug-likeness (QED) is 0.0838. The lowest BCUT2D eigenvalue weighted by molar-refractivity contribution is -0.133. The second-order valence-corrected chi connectivity index (χ2v) is 17.2. The highest BCUT2D eigenvalue weighted by molar-refractivity contribution is 7.74. The van der Waals surface area contributed by atoms with Crippen LogP contribution in [-0.2, 0) is 30.7 Å². The minimum Gasteiger partial charge on any atom is -0.459 e. The van der Waals surface area contributed by atoms with E-state index in [0.717, 1.165) is 22.5 Å². The summed E-state index contributed by atoms with van der Waals surface area (Å²) < 4.78 is 38.5. The van der Waals surface area contributed by atoms with Crippen molar-refractivity contribution in [2.45, 2.75) is 44.6 Å². The summed E-state index contributed by atoms with van der Waals surface area (Å²) in [6.07, 6.45) is 2.40. The average Bonchev–Trinajstić information content (AvgIpc) is 3.32. The van der Waals surface area contributed by atoms with Crippen molar-refractivity contribution in [2.75, 3.05) is 31.2 Å². The van der Waals surface area contributed by atoms with Crippen molar-refractivity contribution >= 4 is 53.1 Å². The fourth-order valence-corrected chi connectivity index (χ4v) is 5.77. The van der Waals surface area contributed by atoms with E-state index in [2.05, 4.69) is 31.5 Å². The first-order valence-corrected chi connectivity index (χ1v) is 17.7. The van der Waals surface area contributed by atoms with Crippen LogP contribution in [0.25, 0.3) is 10.9 Å². The predicted octanol–water partition coefficient (Wildman–Crippen LogP) is 5.31. The third-order valence-electron chi connectivity index (χ3n) is 6.43. The van der Waals surface area contributed by atoms with Gasteiger partial charge in [0.25, 0.3) is 0 Å². The molecular formula is C28H35ClN2O5SSi. The lowest BCUT2D eigenvalue weighted by atomic mass is 9.87. The SMILES string of the molecule is CCC(C#CC(=O)OC)(c1ccc(Cl)cc1)n1ccc2c(N(CCOCC[Si](C)(C)C)[SH](=O)=O)cccc21. The number of esters is 1. The van der Waals surface area contributed by atoms with Crippen LogP contribution in [0, 0.1) is 11.8 Å². The molecule has 3 aromatic rings. The minimum absolute atomic E-state index is 0.215. The first-order valence-electron chi connectivity index (χ1n) is 12.5. The van der Waals surface area contributed by atoms with E-state index in [1.54, 1.807) is 18.2 Å². The van der Waals surface area contributed by atoms with Gasteiger partial charge in [-0.3, -0.25) is 4.31 Å². The molecule has 2 aromatic carbocycles. The molecule has 0 radical (unpaired) electrons. The molecule has 0 aliphatic rings. The molecule has 0 fully saturated rings. The van der Waals surface area contributed by atoms with Crippen molar-refractivity contribution in [1.82, 2.24) is 4.57 Å². The Morgan fingerprint density at radius 2 is 1.82 bits per heavy atom. The Labute approximate surface area is 232 Å². The third-order valence-corrected chi connectivity index (χ3v) is 9.20. The second kappa shape index (κ2) is 12.9. The summed E-state index contributed by atoms with van der Waals surface area (Å²) in [5.74, 6) is 5.11. The molecule has 1 aromatic heterocycles. The molecule has 0 aliphatic carbocycles. The maximum Gasteiger partial charge on any atom is 0.384 e. The maximum atomic E-state index is 12.3. The normalized spacial score (nSPS) is 13.1. The van der Waals surface area contributed by atoms with Gasteiger partial charge < -0.3 is 14.0 Å². The van der Waals surface area contributed by atoms with Crippen molar-refractivity contribution < 1.29 is 22.7 Å². The van der Waals surface area contributed by atoms with Crippen LogP contribution in [0.1, 0.15) is 18.9 Å². The minimum atomic E-state index is -2.90. The van der Waals surface area contributed by atoms with Gasteiger partial charge in [-0.2, -0.15) is 0 Å². The number of rotatable bonds is 11. The Bertz CT molecular complexity index is 1390. The molecule has 0 saturated heterocycles. The van der Waals surface area contributed by atoms with E-state index in [0.29, 0.717) is 30.3 Å². The number of aromatic nitrogens is 1. The lowest BCUT2D eigenvalue weighted by Crippen LogP contribution is -2.32. The van der Waals surface area contributed by atoms with Crippen LogP contribution >= 0.6 is 11.6 Å². The summed E-state index contributed by atoms with van der Waals surface area (Å²) in [7, 11) is -2.84. The number of hydrogen-bond donors (Lipinski definition) is 1. The van der Waals surface area contributed by atoms with Crippen molar-refractivity contribution in [1.29, 1.82) is 0 Å². The summed E-state index contributed by atoms with van der Waals surface area (Å²) in [6, 6.07) is 15.7. The first kappa shape index (κ1) is 29.8. The Hall–Kier alpha value is -2.77. The van der Waals surface area contributed by atoms with E-state index in [-0.39, 0.29) is 6.54 Å². The molecule has 0 saturated carbocycles. The van der Waals surface area contributed by atoms with Crippen LogP contribution in [0.4, 0.5) is 5.69 Å². The van der Waals surface area contributed by atoms with Gasteiger partial charge in [-0.25, -0.2) is 13.2 Å². The van der Waals surface area contributed by atoms with E-state index < -0.39 is 30.5 Å². The van der Waals surface area contributed by atoms with E-state index >= 15 is 0 Å². The van der Waals surface area contributed by atoms with Gasteiger partial charge in [-0.15, -0.1) is 0 Å². The molecule has 38 heavy (non-hydrogen) atoms. The summed E-state index contributed by atoms with van der Waals surface area (Å²) in [5, 5.41) is 1.33. The summed E-state index contributed by atoms with van der Waals surface area (Å²) in [6.45, 7) is 9.95. The molecular weight excluding hydrogens is 540 g/mol. The zero-order valence-corrected chi connectivity index (χ0v) is 25.1. The molecule has 0 N–H and O–H groups in total. The number of fused-ring (bicyclic) bond motifs is 1. The van der Waals surface area contributed by atoms with Crippen molar-refractivity contribution in [3.63, 3.8) is 0 Å². The summed E-state index contributed by atoms with van der Waals surface area (Å²) >= 11 is 6.16. The Morgan fingerprint density at radius 3 is 2.42 bits per heavy atom. The number of carbonyl (C=O) groups is 1. The molecule has 0 bridgehead atoms. The number of nitrogens with zero attached hydrogens (tertiary/aromatic N) is 2. The first-order chi connectivity index (χ1) is 18.0. The highest BCUT2D eigenvalue weighted by atomic mass is 35.5. The second-order valence-electron chi connectivity index (χ2n) is 10.1. The molecule has 3 rings (SSSR count). The number of methoxy groups -OCH3 is 1. The van der Waals surface area contributed by atoms with Crippen LogP contribution in [0.5, 0.6) is 0 Å². The maximum absolute atomic E-state index is 12.3. The fraction of sp³-hybridized carbons (Fsp3) is 0.393. The number of anilines is 1. The molecule has 204 valence electrons. The van der Waals surface area contributed by atoms with Crippen LogP contribution < -0.4 is 4.31 Å². The van der Waals surface area contributed by atoms with Gasteiger partial charge in [0.2, 0.25) is 10.9 Å². The smallest absolute Gasteiger partial charge is 0.384 e. The standard InChI is InChI=1S/C28H35ClN2O5SSi/c1-6-28(16-14-27(32)35-2,22-10-12-23(29)13-11-22)30-17-15-24-25(30)8-7-9-26(24)31(37(33)34)18-19-36-20-21-38(3,4)5/h7-13,15,17,37H,6,18-21H2,1-5H3. The van der Waals surface area contributed by atoms with Gasteiger partial charge in [0, 0.05) is 37.2 Å². The Kier molecular flexibility index (Phi) is 10.1. The van der Waals surface area contributed by atoms with Gasteiger partial charge in [0.15, 0.2) is 0 Å². The zero-order chi connectivity index (χ0) is 27.9. The van der Waals surface area contributed by atoms with Crippen molar-refractivity contribution in [3.05, 3.63) is 65.3 Å². The number of thiol groups is 1. The van der Waals surface area contributed by atoms with E-state index in [4.69, 9.17) is 21.1 Å². The van der Waals surface area contributed by atoms with E-state index in [1.807, 2.05) is 48.0 Å². The van der Waals surface area contributed by atoms with Gasteiger partial charge in [-0.05, 0) is 48.4 Å². The van der Waals surface area contributed by atoms with E-state index in [1.165, 1.54) is 11.4 Å². The molecule has 10 heteroatoms. The van der Waals surface area contributed by atoms with Crippen molar-refractivity contribution in [2.24, 2.45) is 0 Å². The third kappa shape index (κ3) is 7.00. The zero-order valence-electron chi connectivity index (χ0n) is 22.5.